The van der Waals surface area contributed by atoms with Gasteiger partial charge in [-0.2, -0.15) is 9.78 Å². The average Bonchev–Trinajstić information content (AvgIpc) is 3.11. The lowest BCUT2D eigenvalue weighted by atomic mass is 10.2. The molecule has 0 fully saturated rings. The number of thiophene rings is 1. The monoisotopic (exact) mass is 437 g/mol. The number of alkyl halides is 1. The van der Waals surface area contributed by atoms with Gasteiger partial charge in [0.05, 0.1) is 17.7 Å². The second-order valence-electron chi connectivity index (χ2n) is 5.96. The van der Waals surface area contributed by atoms with E-state index in [2.05, 4.69) is 10.4 Å². The highest BCUT2D eigenvalue weighted by Gasteiger charge is 2.23. The highest BCUT2D eigenvalue weighted by Crippen LogP contribution is 2.30. The first kappa shape index (κ1) is 20.9. The number of halogens is 2. The van der Waals surface area contributed by atoms with Crippen molar-refractivity contribution >= 4 is 50.6 Å². The molecular formula is C19H17ClFN3O4S. The van der Waals surface area contributed by atoms with Gasteiger partial charge in [-0.1, -0.05) is 6.07 Å². The zero-order chi connectivity index (χ0) is 21.0. The van der Waals surface area contributed by atoms with Crippen molar-refractivity contribution in [2.24, 2.45) is 0 Å². The Balaban J connectivity index is 2.20. The van der Waals surface area contributed by atoms with Gasteiger partial charge in [0.25, 0.3) is 5.56 Å². The predicted molar refractivity (Wildman–Crippen MR) is 110 cm³/mol. The summed E-state index contributed by atoms with van der Waals surface area (Å²) in [6.07, 6.45) is 0.677. The Hall–Kier alpha value is -2.78. The lowest BCUT2D eigenvalue weighted by Gasteiger charge is -2.10. The second kappa shape index (κ2) is 9.15. The average molecular weight is 438 g/mol. The van der Waals surface area contributed by atoms with Crippen molar-refractivity contribution in [3.63, 3.8) is 0 Å². The highest BCUT2D eigenvalue weighted by molar-refractivity contribution is 7.16. The molecule has 0 aliphatic carbocycles. The van der Waals surface area contributed by atoms with Crippen LogP contribution < -0.4 is 10.9 Å². The van der Waals surface area contributed by atoms with Gasteiger partial charge in [0.2, 0.25) is 5.91 Å². The normalized spacial score (nSPS) is 10.9. The van der Waals surface area contributed by atoms with Crippen LogP contribution in [0.25, 0.3) is 16.5 Å². The van der Waals surface area contributed by atoms with Gasteiger partial charge in [0.1, 0.15) is 10.8 Å². The minimum absolute atomic E-state index is 0.0942. The molecule has 0 spiro atoms. The van der Waals surface area contributed by atoms with Crippen LogP contribution in [-0.4, -0.2) is 34.1 Å². The zero-order valence-corrected chi connectivity index (χ0v) is 17.0. The lowest BCUT2D eigenvalue weighted by molar-refractivity contribution is -0.116. The van der Waals surface area contributed by atoms with E-state index in [-0.39, 0.29) is 46.1 Å². The number of esters is 1. The fourth-order valence-corrected chi connectivity index (χ4v) is 3.78. The maximum atomic E-state index is 13.7. The first-order valence-electron chi connectivity index (χ1n) is 8.79. The summed E-state index contributed by atoms with van der Waals surface area (Å²) in [4.78, 5) is 37.6. The molecule has 0 atom stereocenters. The number of nitrogens with one attached hydrogen (secondary N) is 1. The molecule has 3 rings (SSSR count). The first-order valence-corrected chi connectivity index (χ1v) is 10.2. The van der Waals surface area contributed by atoms with Gasteiger partial charge in [-0.25, -0.2) is 9.18 Å². The van der Waals surface area contributed by atoms with Crippen molar-refractivity contribution in [2.75, 3.05) is 17.8 Å². The Labute approximate surface area is 174 Å². The molecule has 0 aliphatic rings. The number of hydrogen-bond donors (Lipinski definition) is 1. The van der Waals surface area contributed by atoms with Crippen molar-refractivity contribution in [3.05, 3.63) is 51.5 Å². The van der Waals surface area contributed by atoms with Crippen molar-refractivity contribution in [1.82, 2.24) is 9.78 Å². The number of fused-ring (bicyclic) bond motifs is 1. The van der Waals surface area contributed by atoms with E-state index in [9.17, 15) is 18.8 Å². The molecule has 1 aromatic carbocycles. The lowest BCUT2D eigenvalue weighted by Crippen LogP contribution is -2.25. The molecule has 0 radical (unpaired) electrons. The SMILES string of the molecule is CCOC(=O)c1nn(-c2cccc(F)c2)c(=O)c2c(NC(=O)CCCCl)scc12. The number of ether oxygens (including phenoxy) is 1. The van der Waals surface area contributed by atoms with Gasteiger partial charge < -0.3 is 10.1 Å². The molecule has 29 heavy (non-hydrogen) atoms. The van der Waals surface area contributed by atoms with Crippen molar-refractivity contribution in [1.29, 1.82) is 0 Å². The standard InChI is InChI=1S/C19H17ClFN3O4S/c1-2-28-19(27)16-13-10-29-17(22-14(25)7-4-8-20)15(13)18(26)24(23-16)12-6-3-5-11(21)9-12/h3,5-6,9-10H,2,4,7-8H2,1H3,(H,22,25). The molecule has 0 saturated carbocycles. The molecule has 152 valence electrons. The van der Waals surface area contributed by atoms with Crippen LogP contribution in [0.1, 0.15) is 30.3 Å². The smallest absolute Gasteiger partial charge is 0.359 e. The van der Waals surface area contributed by atoms with Gasteiger partial charge in [0, 0.05) is 23.1 Å². The molecule has 1 N–H and O–H groups in total. The van der Waals surface area contributed by atoms with Crippen LogP contribution in [0, 0.1) is 5.82 Å². The van der Waals surface area contributed by atoms with Crippen LogP contribution in [0.15, 0.2) is 34.4 Å². The number of aromatic nitrogens is 2. The van der Waals surface area contributed by atoms with E-state index in [1.165, 1.54) is 18.2 Å². The number of nitrogens with zero attached hydrogens (tertiary/aromatic N) is 2. The van der Waals surface area contributed by atoms with Gasteiger partial charge in [-0.05, 0) is 31.5 Å². The van der Waals surface area contributed by atoms with Crippen LogP contribution in [0.4, 0.5) is 9.39 Å². The number of carbonyl (C=O) groups excluding carboxylic acids is 2. The predicted octanol–water partition coefficient (Wildman–Crippen LogP) is 3.72. The molecule has 2 heterocycles. The maximum absolute atomic E-state index is 13.7. The Morgan fingerprint density at radius 3 is 2.86 bits per heavy atom. The summed E-state index contributed by atoms with van der Waals surface area (Å²) in [5.74, 6) is -1.25. The number of benzene rings is 1. The van der Waals surface area contributed by atoms with Crippen LogP contribution >= 0.6 is 22.9 Å². The number of amides is 1. The highest BCUT2D eigenvalue weighted by atomic mass is 35.5. The molecule has 3 aromatic rings. The van der Waals surface area contributed by atoms with Gasteiger partial charge in [-0.3, -0.25) is 9.59 Å². The summed E-state index contributed by atoms with van der Waals surface area (Å²) in [7, 11) is 0. The maximum Gasteiger partial charge on any atom is 0.359 e. The van der Waals surface area contributed by atoms with Crippen LogP contribution in [0.5, 0.6) is 0 Å². The number of carbonyl (C=O) groups is 2. The Morgan fingerprint density at radius 2 is 2.17 bits per heavy atom. The number of hydrogen-bond acceptors (Lipinski definition) is 6. The topological polar surface area (TPSA) is 90.3 Å². The second-order valence-corrected chi connectivity index (χ2v) is 7.22. The molecular weight excluding hydrogens is 421 g/mol. The van der Waals surface area contributed by atoms with Crippen molar-refractivity contribution in [2.45, 2.75) is 19.8 Å². The van der Waals surface area contributed by atoms with Crippen LogP contribution in [-0.2, 0) is 9.53 Å². The largest absolute Gasteiger partial charge is 0.461 e. The van der Waals surface area contributed by atoms with Crippen LogP contribution in [0.2, 0.25) is 0 Å². The molecule has 0 unspecified atom stereocenters. The van der Waals surface area contributed by atoms with E-state index in [4.69, 9.17) is 16.3 Å². The Morgan fingerprint density at radius 1 is 1.38 bits per heavy atom. The molecule has 0 saturated heterocycles. The van der Waals surface area contributed by atoms with E-state index < -0.39 is 17.3 Å². The molecule has 2 aromatic heterocycles. The summed E-state index contributed by atoms with van der Waals surface area (Å²) in [6, 6.07) is 5.27. The van der Waals surface area contributed by atoms with E-state index in [1.807, 2.05) is 0 Å². The van der Waals surface area contributed by atoms with Gasteiger partial charge in [0.15, 0.2) is 5.69 Å². The Kier molecular flexibility index (Phi) is 6.60. The minimum Gasteiger partial charge on any atom is -0.461 e. The third kappa shape index (κ3) is 4.46. The summed E-state index contributed by atoms with van der Waals surface area (Å²) in [6.45, 7) is 1.76. The molecule has 1 amide bonds. The molecule has 10 heteroatoms. The van der Waals surface area contributed by atoms with E-state index in [1.54, 1.807) is 12.3 Å². The summed E-state index contributed by atoms with van der Waals surface area (Å²) in [5, 5.41) is 9.00. The van der Waals surface area contributed by atoms with Gasteiger partial charge in [-0.15, -0.1) is 22.9 Å². The number of anilines is 1. The quantitative estimate of drug-likeness (QED) is 0.449. The van der Waals surface area contributed by atoms with Crippen molar-refractivity contribution in [3.8, 4) is 5.69 Å². The number of rotatable bonds is 7. The molecule has 7 nitrogen and oxygen atoms in total. The summed E-state index contributed by atoms with van der Waals surface area (Å²) in [5.41, 5.74) is -0.538. The zero-order valence-electron chi connectivity index (χ0n) is 15.4. The van der Waals surface area contributed by atoms with Gasteiger partial charge >= 0.3 is 5.97 Å². The molecule has 0 aliphatic heterocycles. The fourth-order valence-electron chi connectivity index (χ4n) is 2.69. The van der Waals surface area contributed by atoms with E-state index in [0.717, 1.165) is 22.1 Å². The minimum atomic E-state index is -0.722. The summed E-state index contributed by atoms with van der Waals surface area (Å²) >= 11 is 6.71. The first-order chi connectivity index (χ1) is 14.0. The Bertz CT molecular complexity index is 1130. The fraction of sp³-hybridized carbons (Fsp3) is 0.263. The third-order valence-corrected chi connectivity index (χ3v) is 5.13. The summed E-state index contributed by atoms with van der Waals surface area (Å²) < 4.78 is 19.7. The van der Waals surface area contributed by atoms with Crippen LogP contribution in [0.3, 0.4) is 0 Å². The van der Waals surface area contributed by atoms with E-state index >= 15 is 0 Å². The molecule has 0 bridgehead atoms. The third-order valence-electron chi connectivity index (χ3n) is 3.96. The van der Waals surface area contributed by atoms with E-state index in [0.29, 0.717) is 12.3 Å². The van der Waals surface area contributed by atoms with Crippen molar-refractivity contribution < 1.29 is 18.7 Å².